The highest BCUT2D eigenvalue weighted by molar-refractivity contribution is 5.77. The van der Waals surface area contributed by atoms with Crippen LogP contribution in [0.5, 0.6) is 0 Å². The van der Waals surface area contributed by atoms with Crippen LogP contribution < -0.4 is 11.1 Å². The summed E-state index contributed by atoms with van der Waals surface area (Å²) < 4.78 is 5.64. The summed E-state index contributed by atoms with van der Waals surface area (Å²) in [5.41, 5.74) is 6.89. The van der Waals surface area contributed by atoms with Gasteiger partial charge in [0.15, 0.2) is 5.96 Å². The van der Waals surface area contributed by atoms with Crippen LogP contribution in [0.1, 0.15) is 27.2 Å². The molecule has 0 aromatic rings. The first kappa shape index (κ1) is 14.0. The Morgan fingerprint density at radius 3 is 2.88 bits per heavy atom. The Morgan fingerprint density at radius 1 is 1.59 bits per heavy atom. The predicted molar refractivity (Wildman–Crippen MR) is 72.0 cm³/mol. The predicted octanol–water partition coefficient (Wildman–Crippen LogP) is 1.53. The molecule has 1 aliphatic heterocycles. The molecule has 0 aromatic carbocycles. The Balaban J connectivity index is 2.34. The van der Waals surface area contributed by atoms with Crippen LogP contribution in [0.15, 0.2) is 17.1 Å². The van der Waals surface area contributed by atoms with Crippen LogP contribution in [-0.4, -0.2) is 31.8 Å². The van der Waals surface area contributed by atoms with Crippen molar-refractivity contribution in [2.45, 2.75) is 33.3 Å². The molecule has 17 heavy (non-hydrogen) atoms. The van der Waals surface area contributed by atoms with Gasteiger partial charge in [0.1, 0.15) is 0 Å². The summed E-state index contributed by atoms with van der Waals surface area (Å²) in [5.74, 6) is 1.53. The van der Waals surface area contributed by atoms with E-state index in [1.165, 1.54) is 0 Å². The fourth-order valence-corrected chi connectivity index (χ4v) is 1.96. The molecule has 4 nitrogen and oxygen atoms in total. The number of hydrogen-bond acceptors (Lipinski definition) is 2. The Hall–Kier alpha value is -1.03. The van der Waals surface area contributed by atoms with Gasteiger partial charge in [-0.3, -0.25) is 4.99 Å². The number of ether oxygens (including phenoxy) is 1. The van der Waals surface area contributed by atoms with Gasteiger partial charge in [-0.15, -0.1) is 0 Å². The summed E-state index contributed by atoms with van der Waals surface area (Å²) >= 11 is 0. The van der Waals surface area contributed by atoms with Gasteiger partial charge in [-0.2, -0.15) is 0 Å². The third kappa shape index (κ3) is 4.77. The SMILES string of the molecule is C=C(C)C1OCCC1CNC(N)=NCC(C)C. The van der Waals surface area contributed by atoms with E-state index < -0.39 is 0 Å². The average molecular weight is 239 g/mol. The van der Waals surface area contributed by atoms with Crippen LogP contribution in [0.25, 0.3) is 0 Å². The molecule has 1 aliphatic rings. The second-order valence-corrected chi connectivity index (χ2v) is 5.19. The molecule has 0 saturated carbocycles. The fraction of sp³-hybridized carbons (Fsp3) is 0.769. The van der Waals surface area contributed by atoms with Crippen LogP contribution in [0.3, 0.4) is 0 Å². The lowest BCUT2D eigenvalue weighted by atomic mass is 9.97. The van der Waals surface area contributed by atoms with Crippen LogP contribution in [0, 0.1) is 11.8 Å². The van der Waals surface area contributed by atoms with Gasteiger partial charge >= 0.3 is 0 Å². The van der Waals surface area contributed by atoms with E-state index in [1.54, 1.807) is 0 Å². The maximum Gasteiger partial charge on any atom is 0.188 e. The number of nitrogens with two attached hydrogens (primary N) is 1. The first-order chi connectivity index (χ1) is 8.00. The molecule has 1 heterocycles. The maximum atomic E-state index is 5.80. The number of nitrogens with zero attached hydrogens (tertiary/aromatic N) is 1. The van der Waals surface area contributed by atoms with E-state index >= 15 is 0 Å². The Morgan fingerprint density at radius 2 is 2.29 bits per heavy atom. The number of aliphatic imine (C=N–C) groups is 1. The molecule has 0 bridgehead atoms. The normalized spacial score (nSPS) is 25.3. The minimum absolute atomic E-state index is 0.167. The van der Waals surface area contributed by atoms with Crippen molar-refractivity contribution in [1.82, 2.24) is 5.32 Å². The van der Waals surface area contributed by atoms with Gasteiger partial charge in [0.05, 0.1) is 6.10 Å². The molecule has 0 amide bonds. The Kier molecular flexibility index (Phi) is 5.48. The smallest absolute Gasteiger partial charge is 0.188 e. The van der Waals surface area contributed by atoms with Gasteiger partial charge in [-0.05, 0) is 19.3 Å². The highest BCUT2D eigenvalue weighted by atomic mass is 16.5. The summed E-state index contributed by atoms with van der Waals surface area (Å²) in [5, 5.41) is 3.17. The van der Waals surface area contributed by atoms with Crippen LogP contribution in [0.4, 0.5) is 0 Å². The van der Waals surface area contributed by atoms with Gasteiger partial charge < -0.3 is 15.8 Å². The quantitative estimate of drug-likeness (QED) is 0.434. The molecule has 98 valence electrons. The fourth-order valence-electron chi connectivity index (χ4n) is 1.96. The van der Waals surface area contributed by atoms with E-state index in [2.05, 4.69) is 30.7 Å². The zero-order chi connectivity index (χ0) is 12.8. The number of guanidine groups is 1. The van der Waals surface area contributed by atoms with Crippen LogP contribution in [0.2, 0.25) is 0 Å². The van der Waals surface area contributed by atoms with Crippen molar-refractivity contribution in [1.29, 1.82) is 0 Å². The summed E-state index contributed by atoms with van der Waals surface area (Å²) in [6, 6.07) is 0. The molecule has 1 rings (SSSR count). The lowest BCUT2D eigenvalue weighted by Gasteiger charge is -2.19. The first-order valence-electron chi connectivity index (χ1n) is 6.31. The highest BCUT2D eigenvalue weighted by Crippen LogP contribution is 2.24. The molecule has 3 N–H and O–H groups in total. The average Bonchev–Trinajstić information content (AvgIpc) is 2.71. The van der Waals surface area contributed by atoms with Gasteiger partial charge in [-0.1, -0.05) is 26.0 Å². The highest BCUT2D eigenvalue weighted by Gasteiger charge is 2.28. The molecule has 2 unspecified atom stereocenters. The van der Waals surface area contributed by atoms with E-state index in [4.69, 9.17) is 10.5 Å². The molecular formula is C13H25N3O. The van der Waals surface area contributed by atoms with Crippen molar-refractivity contribution >= 4 is 5.96 Å². The maximum absolute atomic E-state index is 5.80. The lowest BCUT2D eigenvalue weighted by molar-refractivity contribution is 0.119. The molecule has 4 heteroatoms. The van der Waals surface area contributed by atoms with Gasteiger partial charge in [0.2, 0.25) is 0 Å². The summed E-state index contributed by atoms with van der Waals surface area (Å²) in [6.07, 6.45) is 1.22. The number of rotatable bonds is 5. The van der Waals surface area contributed by atoms with Crippen LogP contribution in [-0.2, 0) is 4.74 Å². The lowest BCUT2D eigenvalue weighted by Crippen LogP contribution is -2.38. The van der Waals surface area contributed by atoms with Crippen molar-refractivity contribution in [2.75, 3.05) is 19.7 Å². The van der Waals surface area contributed by atoms with Crippen LogP contribution >= 0.6 is 0 Å². The first-order valence-corrected chi connectivity index (χ1v) is 6.31. The van der Waals surface area contributed by atoms with Crippen molar-refractivity contribution in [3.8, 4) is 0 Å². The molecule has 0 aliphatic carbocycles. The topological polar surface area (TPSA) is 59.6 Å². The third-order valence-corrected chi connectivity index (χ3v) is 2.87. The molecule has 1 fully saturated rings. The van der Waals surface area contributed by atoms with E-state index in [0.29, 0.717) is 17.8 Å². The largest absolute Gasteiger partial charge is 0.374 e. The summed E-state index contributed by atoms with van der Waals surface area (Å²) in [6.45, 7) is 12.6. The zero-order valence-corrected chi connectivity index (χ0v) is 11.2. The number of hydrogen-bond donors (Lipinski definition) is 2. The number of nitrogens with one attached hydrogen (secondary N) is 1. The van der Waals surface area contributed by atoms with E-state index in [1.807, 2.05) is 6.92 Å². The standard InChI is InChI=1S/C13H25N3O/c1-9(2)7-15-13(14)16-8-11-5-6-17-12(11)10(3)4/h9,11-12H,3,5-8H2,1-2,4H3,(H3,14,15,16). The van der Waals surface area contributed by atoms with Gasteiger partial charge in [-0.25, -0.2) is 0 Å². The van der Waals surface area contributed by atoms with Gasteiger partial charge in [0.25, 0.3) is 0 Å². The molecule has 1 saturated heterocycles. The summed E-state index contributed by atoms with van der Waals surface area (Å²) in [4.78, 5) is 4.27. The molecule has 2 atom stereocenters. The molecular weight excluding hydrogens is 214 g/mol. The van der Waals surface area contributed by atoms with E-state index in [0.717, 1.165) is 31.7 Å². The van der Waals surface area contributed by atoms with Crippen molar-refractivity contribution in [2.24, 2.45) is 22.6 Å². The Bertz CT molecular complexity index is 286. The van der Waals surface area contributed by atoms with E-state index in [9.17, 15) is 0 Å². The second kappa shape index (κ2) is 6.64. The van der Waals surface area contributed by atoms with Crippen molar-refractivity contribution in [3.63, 3.8) is 0 Å². The van der Waals surface area contributed by atoms with Crippen molar-refractivity contribution in [3.05, 3.63) is 12.2 Å². The molecule has 0 aromatic heterocycles. The molecule has 0 spiro atoms. The minimum Gasteiger partial charge on any atom is -0.374 e. The van der Waals surface area contributed by atoms with E-state index in [-0.39, 0.29) is 6.10 Å². The van der Waals surface area contributed by atoms with Gasteiger partial charge in [0, 0.05) is 25.6 Å². The second-order valence-electron chi connectivity index (χ2n) is 5.19. The third-order valence-electron chi connectivity index (χ3n) is 2.87. The Labute approximate surface area is 104 Å². The molecule has 0 radical (unpaired) electrons. The monoisotopic (exact) mass is 239 g/mol. The minimum atomic E-state index is 0.167. The van der Waals surface area contributed by atoms with Crippen molar-refractivity contribution < 1.29 is 4.74 Å². The summed E-state index contributed by atoms with van der Waals surface area (Å²) in [7, 11) is 0. The zero-order valence-electron chi connectivity index (χ0n) is 11.2.